The zero-order valence-electron chi connectivity index (χ0n) is 8.58. The summed E-state index contributed by atoms with van der Waals surface area (Å²) in [6.45, 7) is 0. The molecule has 2 N–H and O–H groups in total. The molecule has 0 bridgehead atoms. The zero-order chi connectivity index (χ0) is 12.4. The second-order valence-electron chi connectivity index (χ2n) is 3.37. The van der Waals surface area contributed by atoms with Gasteiger partial charge in [0.25, 0.3) is 0 Å². The van der Waals surface area contributed by atoms with Crippen molar-refractivity contribution in [2.45, 2.75) is 0 Å². The molecule has 0 saturated heterocycles. The Morgan fingerprint density at radius 2 is 2.18 bits per heavy atom. The lowest BCUT2D eigenvalue weighted by molar-refractivity contribution is 0.426. The summed E-state index contributed by atoms with van der Waals surface area (Å²) in [5.74, 6) is -0.514. The van der Waals surface area contributed by atoms with Crippen molar-refractivity contribution >= 4 is 12.6 Å². The Morgan fingerprint density at radius 1 is 1.41 bits per heavy atom. The number of aromatic nitrogens is 2. The van der Waals surface area contributed by atoms with Crippen molar-refractivity contribution < 1.29 is 14.4 Å². The van der Waals surface area contributed by atoms with Gasteiger partial charge in [-0.25, -0.2) is 9.07 Å². The van der Waals surface area contributed by atoms with E-state index in [1.165, 1.54) is 29.2 Å². The topological polar surface area (TPSA) is 82.1 Å². The van der Waals surface area contributed by atoms with E-state index >= 15 is 0 Å². The smallest absolute Gasteiger partial charge is 0.423 e. The fourth-order valence-corrected chi connectivity index (χ4v) is 1.40. The van der Waals surface area contributed by atoms with E-state index in [0.29, 0.717) is 5.69 Å². The van der Waals surface area contributed by atoms with Gasteiger partial charge in [0.2, 0.25) is 0 Å². The molecule has 0 atom stereocenters. The average Bonchev–Trinajstić information content (AvgIpc) is 2.78. The SMILES string of the molecule is N#Cc1cc(F)ccc1-n1cc(B(O)O)cn1. The van der Waals surface area contributed by atoms with Gasteiger partial charge >= 0.3 is 7.12 Å². The summed E-state index contributed by atoms with van der Waals surface area (Å²) in [6, 6.07) is 5.54. The predicted molar refractivity (Wildman–Crippen MR) is 58.1 cm³/mol. The Labute approximate surface area is 96.5 Å². The number of hydrogen-bond acceptors (Lipinski definition) is 4. The minimum Gasteiger partial charge on any atom is -0.423 e. The number of benzene rings is 1. The molecule has 0 saturated carbocycles. The first-order valence-corrected chi connectivity index (χ1v) is 4.72. The lowest BCUT2D eigenvalue weighted by Gasteiger charge is -2.03. The third-order valence-electron chi connectivity index (χ3n) is 2.23. The Kier molecular flexibility index (Phi) is 2.91. The van der Waals surface area contributed by atoms with Gasteiger partial charge in [-0.05, 0) is 18.2 Å². The maximum Gasteiger partial charge on any atom is 0.491 e. The van der Waals surface area contributed by atoms with Crippen molar-refractivity contribution in [3.63, 3.8) is 0 Å². The van der Waals surface area contributed by atoms with Gasteiger partial charge in [0.15, 0.2) is 0 Å². The molecule has 1 aromatic heterocycles. The largest absolute Gasteiger partial charge is 0.491 e. The molecule has 0 unspecified atom stereocenters. The molecule has 1 heterocycles. The van der Waals surface area contributed by atoms with Crippen LogP contribution in [0.3, 0.4) is 0 Å². The summed E-state index contributed by atoms with van der Waals surface area (Å²) in [6.07, 6.45) is 2.62. The monoisotopic (exact) mass is 231 g/mol. The van der Waals surface area contributed by atoms with E-state index in [2.05, 4.69) is 5.10 Å². The molecular formula is C10H7BFN3O2. The first-order valence-electron chi connectivity index (χ1n) is 4.72. The summed E-state index contributed by atoms with van der Waals surface area (Å²) in [7, 11) is -1.63. The Bertz CT molecular complexity index is 591. The van der Waals surface area contributed by atoms with Crippen LogP contribution in [0.1, 0.15) is 5.56 Å². The quantitative estimate of drug-likeness (QED) is 0.686. The van der Waals surface area contributed by atoms with Crippen LogP contribution in [-0.4, -0.2) is 26.9 Å². The summed E-state index contributed by atoms with van der Waals surface area (Å²) in [5.41, 5.74) is 0.686. The molecule has 0 spiro atoms. The standard InChI is InChI=1S/C10H7BFN3O2/c12-9-1-2-10(7(3-9)4-13)15-6-8(5-14-15)11(16)17/h1-3,5-6,16-17H. The number of halogens is 1. The van der Waals surface area contributed by atoms with E-state index in [9.17, 15) is 4.39 Å². The Balaban J connectivity index is 2.49. The molecular weight excluding hydrogens is 224 g/mol. The Morgan fingerprint density at radius 3 is 2.76 bits per heavy atom. The summed E-state index contributed by atoms with van der Waals surface area (Å²) < 4.78 is 14.2. The van der Waals surface area contributed by atoms with E-state index in [-0.39, 0.29) is 11.0 Å². The van der Waals surface area contributed by atoms with E-state index in [1.54, 1.807) is 0 Å². The van der Waals surface area contributed by atoms with Crippen LogP contribution in [0.4, 0.5) is 4.39 Å². The molecule has 5 nitrogen and oxygen atoms in total. The van der Waals surface area contributed by atoms with Crippen LogP contribution in [0.15, 0.2) is 30.6 Å². The normalized spacial score (nSPS) is 10.0. The number of nitriles is 1. The predicted octanol–water partition coefficient (Wildman–Crippen LogP) is -0.437. The van der Waals surface area contributed by atoms with Crippen molar-refractivity contribution in [3.8, 4) is 11.8 Å². The molecule has 17 heavy (non-hydrogen) atoms. The first-order chi connectivity index (χ1) is 8.11. The summed E-state index contributed by atoms with van der Waals surface area (Å²) >= 11 is 0. The minimum absolute atomic E-state index is 0.118. The summed E-state index contributed by atoms with van der Waals surface area (Å²) in [5, 5.41) is 30.6. The molecule has 2 rings (SSSR count). The van der Waals surface area contributed by atoms with Crippen LogP contribution >= 0.6 is 0 Å². The van der Waals surface area contributed by atoms with Gasteiger partial charge in [-0.2, -0.15) is 10.4 Å². The average molecular weight is 231 g/mol. The fraction of sp³-hybridized carbons (Fsp3) is 0. The van der Waals surface area contributed by atoms with Gasteiger partial charge in [-0.15, -0.1) is 0 Å². The van der Waals surface area contributed by atoms with E-state index in [4.69, 9.17) is 15.3 Å². The van der Waals surface area contributed by atoms with Gasteiger partial charge in [0.05, 0.1) is 11.3 Å². The number of nitrogens with zero attached hydrogens (tertiary/aromatic N) is 3. The van der Waals surface area contributed by atoms with Crippen molar-refractivity contribution in [2.24, 2.45) is 0 Å². The second kappa shape index (κ2) is 4.37. The van der Waals surface area contributed by atoms with E-state index in [1.807, 2.05) is 6.07 Å². The van der Waals surface area contributed by atoms with Gasteiger partial charge in [0.1, 0.15) is 11.9 Å². The highest BCUT2D eigenvalue weighted by Gasteiger charge is 2.15. The maximum atomic E-state index is 12.9. The van der Waals surface area contributed by atoms with Crippen molar-refractivity contribution in [1.29, 1.82) is 5.26 Å². The van der Waals surface area contributed by atoms with Crippen LogP contribution < -0.4 is 5.46 Å². The molecule has 7 heteroatoms. The number of hydrogen-bond donors (Lipinski definition) is 2. The molecule has 0 aliphatic carbocycles. The first kappa shape index (κ1) is 11.3. The highest BCUT2D eigenvalue weighted by molar-refractivity contribution is 6.58. The summed E-state index contributed by atoms with van der Waals surface area (Å²) in [4.78, 5) is 0. The second-order valence-corrected chi connectivity index (χ2v) is 3.37. The Hall–Kier alpha value is -2.17. The van der Waals surface area contributed by atoms with Crippen molar-refractivity contribution in [2.75, 3.05) is 0 Å². The highest BCUT2D eigenvalue weighted by atomic mass is 19.1. The van der Waals surface area contributed by atoms with E-state index < -0.39 is 12.9 Å². The van der Waals surface area contributed by atoms with Crippen LogP contribution in [0.2, 0.25) is 0 Å². The van der Waals surface area contributed by atoms with Crippen LogP contribution in [0, 0.1) is 17.1 Å². The van der Waals surface area contributed by atoms with Gasteiger partial charge in [0, 0.05) is 17.9 Å². The van der Waals surface area contributed by atoms with Gasteiger partial charge in [-0.3, -0.25) is 0 Å². The fourth-order valence-electron chi connectivity index (χ4n) is 1.40. The third-order valence-corrected chi connectivity index (χ3v) is 2.23. The van der Waals surface area contributed by atoms with E-state index in [0.717, 1.165) is 6.07 Å². The van der Waals surface area contributed by atoms with Gasteiger partial charge in [-0.1, -0.05) is 0 Å². The van der Waals surface area contributed by atoms with Crippen LogP contribution in [0.25, 0.3) is 5.69 Å². The molecule has 0 amide bonds. The molecule has 0 aliphatic heterocycles. The molecule has 1 aromatic carbocycles. The third kappa shape index (κ3) is 2.18. The lowest BCUT2D eigenvalue weighted by Crippen LogP contribution is -2.28. The van der Waals surface area contributed by atoms with Crippen molar-refractivity contribution in [1.82, 2.24) is 9.78 Å². The molecule has 84 valence electrons. The minimum atomic E-state index is -1.63. The number of rotatable bonds is 2. The molecule has 0 radical (unpaired) electrons. The van der Waals surface area contributed by atoms with Crippen molar-refractivity contribution in [3.05, 3.63) is 42.0 Å². The van der Waals surface area contributed by atoms with Gasteiger partial charge < -0.3 is 10.0 Å². The maximum absolute atomic E-state index is 12.9. The highest BCUT2D eigenvalue weighted by Crippen LogP contribution is 2.13. The van der Waals surface area contributed by atoms with Crippen LogP contribution in [0.5, 0.6) is 0 Å². The van der Waals surface area contributed by atoms with Crippen LogP contribution in [-0.2, 0) is 0 Å². The molecule has 2 aromatic rings. The molecule has 0 aliphatic rings. The lowest BCUT2D eigenvalue weighted by atomic mass is 9.83. The molecule has 0 fully saturated rings. The zero-order valence-corrected chi connectivity index (χ0v) is 8.58.